The van der Waals surface area contributed by atoms with Gasteiger partial charge in [-0.3, -0.25) is 9.59 Å². The first-order valence-corrected chi connectivity index (χ1v) is 6.23. The average molecular weight is 302 g/mol. The summed E-state index contributed by atoms with van der Waals surface area (Å²) in [5.41, 5.74) is 0.728. The summed E-state index contributed by atoms with van der Waals surface area (Å²) >= 11 is 4.66. The van der Waals surface area contributed by atoms with E-state index in [1.54, 1.807) is 6.07 Å². The zero-order valence-corrected chi connectivity index (χ0v) is 10.5. The van der Waals surface area contributed by atoms with Crippen molar-refractivity contribution in [2.24, 2.45) is 0 Å². The van der Waals surface area contributed by atoms with Gasteiger partial charge in [-0.15, -0.1) is 11.8 Å². The number of fused-ring (bicyclic) bond motifs is 1. The Morgan fingerprint density at radius 3 is 3.00 bits per heavy atom. The minimum Gasteiger partial charge on any atom is -0.481 e. The van der Waals surface area contributed by atoms with E-state index in [9.17, 15) is 9.59 Å². The van der Waals surface area contributed by atoms with Crippen molar-refractivity contribution in [3.8, 4) is 0 Å². The number of carbonyl (C=O) groups excluding carboxylic acids is 1. The summed E-state index contributed by atoms with van der Waals surface area (Å²) < 4.78 is 0.866. The fourth-order valence-corrected chi connectivity index (χ4v) is 3.18. The maximum Gasteiger partial charge on any atom is 0.305 e. The summed E-state index contributed by atoms with van der Waals surface area (Å²) in [4.78, 5) is 23.1. The highest BCUT2D eigenvalue weighted by Crippen LogP contribution is 2.41. The zero-order chi connectivity index (χ0) is 11.7. The first-order chi connectivity index (χ1) is 7.58. The third kappa shape index (κ3) is 2.22. The smallest absolute Gasteiger partial charge is 0.305 e. The Kier molecular flexibility index (Phi) is 3.20. The predicted molar refractivity (Wildman–Crippen MR) is 64.7 cm³/mol. The molecule has 0 aliphatic carbocycles. The van der Waals surface area contributed by atoms with E-state index in [0.29, 0.717) is 0 Å². The number of carboxylic acids is 1. The maximum absolute atomic E-state index is 11.6. The van der Waals surface area contributed by atoms with Crippen LogP contribution >= 0.6 is 27.7 Å². The molecule has 2 rings (SSSR count). The normalized spacial score (nSPS) is 18.8. The summed E-state index contributed by atoms with van der Waals surface area (Å²) in [7, 11) is 0. The number of halogens is 1. The van der Waals surface area contributed by atoms with Crippen molar-refractivity contribution in [3.63, 3.8) is 0 Å². The second kappa shape index (κ2) is 4.47. The highest BCUT2D eigenvalue weighted by atomic mass is 79.9. The van der Waals surface area contributed by atoms with E-state index in [2.05, 4.69) is 21.2 Å². The van der Waals surface area contributed by atoms with Gasteiger partial charge in [0.15, 0.2) is 0 Å². The Balaban J connectivity index is 2.30. The molecule has 0 spiro atoms. The quantitative estimate of drug-likeness (QED) is 0.880. The Labute approximate surface area is 105 Å². The molecular weight excluding hydrogens is 294 g/mol. The van der Waals surface area contributed by atoms with Gasteiger partial charge in [0.2, 0.25) is 5.91 Å². The Hall–Kier alpha value is -1.01. The van der Waals surface area contributed by atoms with Crippen LogP contribution < -0.4 is 5.32 Å². The molecule has 0 radical (unpaired) electrons. The topological polar surface area (TPSA) is 66.4 Å². The molecule has 0 fully saturated rings. The number of thioether (sulfide) groups is 1. The highest BCUT2D eigenvalue weighted by molar-refractivity contribution is 9.10. The molecule has 2 N–H and O–H groups in total. The van der Waals surface area contributed by atoms with Crippen LogP contribution in [0.25, 0.3) is 0 Å². The fraction of sp³-hybridized carbons (Fsp3) is 0.200. The minimum atomic E-state index is -0.969. The molecule has 1 aromatic carbocycles. The minimum absolute atomic E-state index is 0.169. The van der Waals surface area contributed by atoms with Crippen LogP contribution in [0.5, 0.6) is 0 Å². The zero-order valence-electron chi connectivity index (χ0n) is 8.07. The monoisotopic (exact) mass is 301 g/mol. The lowest BCUT2D eigenvalue weighted by Crippen LogP contribution is -2.30. The molecule has 1 aliphatic rings. The van der Waals surface area contributed by atoms with Gasteiger partial charge in [-0.1, -0.05) is 6.07 Å². The van der Waals surface area contributed by atoms with Gasteiger partial charge < -0.3 is 10.4 Å². The van der Waals surface area contributed by atoms with E-state index in [-0.39, 0.29) is 12.3 Å². The van der Waals surface area contributed by atoms with Gasteiger partial charge in [0, 0.05) is 9.37 Å². The third-order valence-corrected chi connectivity index (χ3v) is 4.40. The first-order valence-electron chi connectivity index (χ1n) is 4.56. The summed E-state index contributed by atoms with van der Waals surface area (Å²) in [6.07, 6.45) is -0.169. The van der Waals surface area contributed by atoms with E-state index < -0.39 is 11.2 Å². The summed E-state index contributed by atoms with van der Waals surface area (Å²) in [5, 5.41) is 10.8. The van der Waals surface area contributed by atoms with Crippen molar-refractivity contribution >= 4 is 45.3 Å². The molecule has 1 unspecified atom stereocenters. The Bertz CT molecular complexity index is 463. The molecule has 1 aliphatic heterocycles. The second-order valence-electron chi connectivity index (χ2n) is 3.31. The number of aliphatic carboxylic acids is 1. The Morgan fingerprint density at radius 2 is 2.31 bits per heavy atom. The van der Waals surface area contributed by atoms with Crippen LogP contribution in [0.4, 0.5) is 5.69 Å². The van der Waals surface area contributed by atoms with Crippen molar-refractivity contribution in [2.45, 2.75) is 16.6 Å². The summed E-state index contributed by atoms with van der Waals surface area (Å²) in [6.45, 7) is 0. The van der Waals surface area contributed by atoms with Crippen molar-refractivity contribution in [3.05, 3.63) is 22.7 Å². The van der Waals surface area contributed by atoms with Gasteiger partial charge in [-0.25, -0.2) is 0 Å². The van der Waals surface area contributed by atoms with E-state index >= 15 is 0 Å². The van der Waals surface area contributed by atoms with Crippen LogP contribution in [0, 0.1) is 0 Å². The lowest BCUT2D eigenvalue weighted by Gasteiger charge is -2.23. The second-order valence-corrected chi connectivity index (χ2v) is 5.38. The number of nitrogens with one attached hydrogen (secondary N) is 1. The van der Waals surface area contributed by atoms with Crippen molar-refractivity contribution in [1.29, 1.82) is 0 Å². The molecule has 1 heterocycles. The van der Waals surface area contributed by atoms with Crippen LogP contribution in [-0.2, 0) is 9.59 Å². The van der Waals surface area contributed by atoms with Gasteiger partial charge in [0.25, 0.3) is 0 Å². The molecule has 0 bridgehead atoms. The number of hydrogen-bond donors (Lipinski definition) is 2. The molecular formula is C10H8BrNO3S. The van der Waals surface area contributed by atoms with E-state index in [1.807, 2.05) is 12.1 Å². The van der Waals surface area contributed by atoms with Crippen LogP contribution in [0.1, 0.15) is 6.42 Å². The number of hydrogen-bond acceptors (Lipinski definition) is 3. The lowest BCUT2D eigenvalue weighted by atomic mass is 10.2. The molecule has 1 aromatic rings. The lowest BCUT2D eigenvalue weighted by molar-refractivity contribution is -0.138. The van der Waals surface area contributed by atoms with E-state index in [0.717, 1.165) is 15.1 Å². The van der Waals surface area contributed by atoms with E-state index in [1.165, 1.54) is 11.8 Å². The summed E-state index contributed by atoms with van der Waals surface area (Å²) in [5.74, 6) is -1.22. The van der Waals surface area contributed by atoms with Gasteiger partial charge in [0.05, 0.1) is 17.4 Å². The number of carboxylic acid groups (broad SMARTS) is 1. The molecule has 1 amide bonds. The molecule has 0 aromatic heterocycles. The van der Waals surface area contributed by atoms with E-state index in [4.69, 9.17) is 5.11 Å². The Morgan fingerprint density at radius 1 is 1.56 bits per heavy atom. The fourth-order valence-electron chi connectivity index (χ4n) is 1.43. The molecule has 16 heavy (non-hydrogen) atoms. The molecule has 1 atom stereocenters. The van der Waals surface area contributed by atoms with Gasteiger partial charge in [-0.2, -0.15) is 0 Å². The van der Waals surface area contributed by atoms with Crippen molar-refractivity contribution in [2.75, 3.05) is 5.32 Å². The largest absolute Gasteiger partial charge is 0.481 e. The van der Waals surface area contributed by atoms with Gasteiger partial charge in [-0.05, 0) is 28.1 Å². The number of benzene rings is 1. The average Bonchev–Trinajstić information content (AvgIpc) is 2.20. The third-order valence-electron chi connectivity index (χ3n) is 2.14. The first kappa shape index (κ1) is 11.5. The van der Waals surface area contributed by atoms with Gasteiger partial charge >= 0.3 is 5.97 Å². The van der Waals surface area contributed by atoms with Crippen LogP contribution in [0.15, 0.2) is 27.6 Å². The van der Waals surface area contributed by atoms with Crippen LogP contribution in [-0.4, -0.2) is 22.2 Å². The standard InChI is InChI=1S/C10H8BrNO3S/c11-5-2-1-3-6-9(5)16-7(4-8(13)14)10(15)12-6/h1-3,7H,4H2,(H,12,15)(H,13,14). The number of anilines is 1. The number of carbonyl (C=O) groups is 2. The van der Waals surface area contributed by atoms with Crippen LogP contribution in [0.3, 0.4) is 0 Å². The molecule has 0 saturated heterocycles. The SMILES string of the molecule is O=C(O)CC1Sc2c(Br)cccc2NC1=O. The molecule has 84 valence electrons. The number of amides is 1. The van der Waals surface area contributed by atoms with Crippen molar-refractivity contribution < 1.29 is 14.7 Å². The van der Waals surface area contributed by atoms with Crippen molar-refractivity contribution in [1.82, 2.24) is 0 Å². The summed E-state index contributed by atoms with van der Waals surface area (Å²) in [6, 6.07) is 5.48. The molecule has 4 nitrogen and oxygen atoms in total. The maximum atomic E-state index is 11.6. The highest BCUT2D eigenvalue weighted by Gasteiger charge is 2.29. The predicted octanol–water partition coefficient (Wildman–Crippen LogP) is 2.34. The number of rotatable bonds is 2. The van der Waals surface area contributed by atoms with Crippen LogP contribution in [0.2, 0.25) is 0 Å². The molecule has 6 heteroatoms. The molecule has 0 saturated carbocycles. The van der Waals surface area contributed by atoms with Gasteiger partial charge in [0.1, 0.15) is 0 Å².